The average Bonchev–Trinajstić information content (AvgIpc) is 3.60. The lowest BCUT2D eigenvalue weighted by Gasteiger charge is -2.32. The maximum absolute atomic E-state index is 5.32. The maximum Gasteiger partial charge on any atom is 0.235 e. The van der Waals surface area contributed by atoms with Gasteiger partial charge in [0.05, 0.1) is 33.1 Å². The fraction of sp³-hybridized carbons (Fsp3) is 0.0698. The van der Waals surface area contributed by atoms with Crippen molar-refractivity contribution in [1.82, 2.24) is 19.1 Å². The van der Waals surface area contributed by atoms with E-state index in [1.807, 2.05) is 6.07 Å². The number of allylic oxidation sites excluding steroid dienone is 4. The van der Waals surface area contributed by atoms with E-state index in [-0.39, 0.29) is 5.41 Å². The first-order chi connectivity index (χ1) is 23.2. The minimum Gasteiger partial charge on any atom is -0.309 e. The Labute approximate surface area is 271 Å². The number of para-hydroxylation sites is 3. The number of hydrogen-bond donors (Lipinski definition) is 0. The topological polar surface area (TPSA) is 35.6 Å². The number of aromatic nitrogens is 4. The molecule has 10 rings (SSSR count). The molecule has 3 aromatic heterocycles. The number of hydrogen-bond acceptors (Lipinski definition) is 2. The lowest BCUT2D eigenvalue weighted by Crippen LogP contribution is -2.39. The van der Waals surface area contributed by atoms with Crippen LogP contribution in [0.1, 0.15) is 6.92 Å². The van der Waals surface area contributed by atoms with Crippen molar-refractivity contribution in [3.8, 4) is 22.9 Å². The van der Waals surface area contributed by atoms with Crippen LogP contribution in [0.3, 0.4) is 0 Å². The smallest absolute Gasteiger partial charge is 0.235 e. The Hall–Kier alpha value is -6.00. The summed E-state index contributed by atoms with van der Waals surface area (Å²) >= 11 is 0. The van der Waals surface area contributed by atoms with Crippen LogP contribution in [0, 0.1) is 11.3 Å². The van der Waals surface area contributed by atoms with Gasteiger partial charge in [-0.15, -0.1) is 0 Å². The molecule has 4 nitrogen and oxygen atoms in total. The third-order valence-corrected chi connectivity index (χ3v) is 10.1. The van der Waals surface area contributed by atoms with Gasteiger partial charge < -0.3 is 4.57 Å². The minimum absolute atomic E-state index is 0.0865. The second-order valence-electron chi connectivity index (χ2n) is 12.9. The van der Waals surface area contributed by atoms with Gasteiger partial charge in [-0.25, -0.2) is 9.97 Å². The van der Waals surface area contributed by atoms with Crippen LogP contribution in [-0.2, 0) is 0 Å². The molecule has 222 valence electrons. The van der Waals surface area contributed by atoms with Crippen LogP contribution in [-0.4, -0.2) is 19.1 Å². The molecular weight excluding hydrogens is 573 g/mol. The Morgan fingerprint density at radius 2 is 1.34 bits per heavy atom. The van der Waals surface area contributed by atoms with Crippen LogP contribution >= 0.6 is 0 Å². The van der Waals surface area contributed by atoms with E-state index < -0.39 is 0 Å². The SMILES string of the molecule is CC12C=CC=CC1C=c1c(n(-c3ccccc3)c3cc4c(cc13)c1ccccc1n4-c1nc(-c3ccccc3)c3ccccc3n1)=C2. The van der Waals surface area contributed by atoms with Gasteiger partial charge in [0.15, 0.2) is 0 Å². The molecule has 0 spiro atoms. The second-order valence-corrected chi connectivity index (χ2v) is 12.9. The molecular formula is C43H30N4. The zero-order chi connectivity index (χ0) is 31.1. The lowest BCUT2D eigenvalue weighted by atomic mass is 9.72. The van der Waals surface area contributed by atoms with Crippen LogP contribution in [0.15, 0.2) is 146 Å². The molecule has 0 saturated heterocycles. The Morgan fingerprint density at radius 3 is 2.19 bits per heavy atom. The molecule has 0 bridgehead atoms. The van der Waals surface area contributed by atoms with Gasteiger partial charge in [-0.3, -0.25) is 4.57 Å². The summed E-state index contributed by atoms with van der Waals surface area (Å²) < 4.78 is 4.69. The van der Waals surface area contributed by atoms with Gasteiger partial charge in [-0.05, 0) is 42.5 Å². The summed E-state index contributed by atoms with van der Waals surface area (Å²) in [6.45, 7) is 2.34. The van der Waals surface area contributed by atoms with Crippen molar-refractivity contribution in [1.29, 1.82) is 0 Å². The number of nitrogens with zero attached hydrogens (tertiary/aromatic N) is 4. The van der Waals surface area contributed by atoms with E-state index in [2.05, 4.69) is 168 Å². The van der Waals surface area contributed by atoms with Crippen LogP contribution < -0.4 is 10.6 Å². The highest BCUT2D eigenvalue weighted by atomic mass is 15.2. The Morgan fingerprint density at radius 1 is 0.617 bits per heavy atom. The molecule has 5 aromatic carbocycles. The van der Waals surface area contributed by atoms with E-state index in [4.69, 9.17) is 9.97 Å². The van der Waals surface area contributed by atoms with E-state index in [1.54, 1.807) is 0 Å². The van der Waals surface area contributed by atoms with Crippen molar-refractivity contribution in [2.75, 3.05) is 0 Å². The predicted octanol–water partition coefficient (Wildman–Crippen LogP) is 8.66. The molecule has 0 aliphatic heterocycles. The minimum atomic E-state index is -0.0865. The molecule has 0 fully saturated rings. The van der Waals surface area contributed by atoms with Gasteiger partial charge in [0.1, 0.15) is 0 Å². The first-order valence-corrected chi connectivity index (χ1v) is 16.2. The van der Waals surface area contributed by atoms with Crippen LogP contribution in [0.5, 0.6) is 0 Å². The molecule has 47 heavy (non-hydrogen) atoms. The number of rotatable bonds is 3. The van der Waals surface area contributed by atoms with Gasteiger partial charge in [0, 0.05) is 49.3 Å². The summed E-state index contributed by atoms with van der Waals surface area (Å²) in [7, 11) is 0. The van der Waals surface area contributed by atoms with Crippen LogP contribution in [0.2, 0.25) is 0 Å². The van der Waals surface area contributed by atoms with E-state index in [1.165, 1.54) is 32.2 Å². The predicted molar refractivity (Wildman–Crippen MR) is 194 cm³/mol. The standard InChI is InChI=1S/C43H30N4/c1-43-23-13-12-16-29(43)24-33-35-25-34-31-19-9-11-22-37(31)47(39(34)26-38(35)46(40(33)27-43)30-17-6-3-7-18-30)42-44-36-21-10-8-20-32(36)41(45-42)28-14-4-2-5-15-28/h2-27,29H,1H3. The van der Waals surface area contributed by atoms with Crippen molar-refractivity contribution in [3.05, 3.63) is 156 Å². The molecule has 2 unspecified atom stereocenters. The fourth-order valence-electron chi connectivity index (χ4n) is 7.78. The molecule has 0 radical (unpaired) electrons. The third kappa shape index (κ3) is 3.82. The van der Waals surface area contributed by atoms with E-state index in [9.17, 15) is 0 Å². The quantitative estimate of drug-likeness (QED) is 0.203. The molecule has 2 aliphatic carbocycles. The van der Waals surface area contributed by atoms with E-state index >= 15 is 0 Å². The van der Waals surface area contributed by atoms with Gasteiger partial charge in [-0.1, -0.05) is 122 Å². The summed E-state index contributed by atoms with van der Waals surface area (Å²) in [6, 6.07) is 42.9. The molecule has 3 heterocycles. The van der Waals surface area contributed by atoms with Crippen LogP contribution in [0.25, 0.3) is 78.7 Å². The highest BCUT2D eigenvalue weighted by Crippen LogP contribution is 2.39. The monoisotopic (exact) mass is 602 g/mol. The Kier molecular flexibility index (Phi) is 5.44. The molecule has 8 aromatic rings. The maximum atomic E-state index is 5.32. The second kappa shape index (κ2) is 9.75. The molecule has 0 amide bonds. The summed E-state index contributed by atoms with van der Waals surface area (Å²) in [6.07, 6.45) is 14.0. The first kappa shape index (κ1) is 26.2. The largest absolute Gasteiger partial charge is 0.309 e. The van der Waals surface area contributed by atoms with Crippen molar-refractivity contribution in [2.24, 2.45) is 11.3 Å². The van der Waals surface area contributed by atoms with Crippen molar-refractivity contribution in [2.45, 2.75) is 6.92 Å². The van der Waals surface area contributed by atoms with Crippen LogP contribution in [0.4, 0.5) is 0 Å². The average molecular weight is 603 g/mol. The first-order valence-electron chi connectivity index (χ1n) is 16.2. The van der Waals surface area contributed by atoms with Crippen molar-refractivity contribution >= 4 is 55.8 Å². The highest BCUT2D eigenvalue weighted by Gasteiger charge is 2.32. The van der Waals surface area contributed by atoms with E-state index in [0.29, 0.717) is 11.9 Å². The highest BCUT2D eigenvalue weighted by molar-refractivity contribution is 6.13. The Balaban J connectivity index is 1.35. The molecule has 0 N–H and O–H groups in total. The number of fused-ring (bicyclic) bond motifs is 8. The zero-order valence-electron chi connectivity index (χ0n) is 25.9. The van der Waals surface area contributed by atoms with Gasteiger partial charge >= 0.3 is 0 Å². The van der Waals surface area contributed by atoms with E-state index in [0.717, 1.165) is 38.9 Å². The zero-order valence-corrected chi connectivity index (χ0v) is 25.9. The normalized spacial score (nSPS) is 18.4. The Bertz CT molecular complexity index is 2750. The third-order valence-electron chi connectivity index (χ3n) is 10.1. The number of benzene rings is 5. The molecule has 0 saturated carbocycles. The molecule has 2 aliphatic rings. The summed E-state index contributed by atoms with van der Waals surface area (Å²) in [5.41, 5.74) is 7.34. The van der Waals surface area contributed by atoms with Crippen molar-refractivity contribution in [3.63, 3.8) is 0 Å². The summed E-state index contributed by atoms with van der Waals surface area (Å²) in [5, 5.41) is 7.21. The molecule has 2 atom stereocenters. The van der Waals surface area contributed by atoms with Gasteiger partial charge in [0.25, 0.3) is 0 Å². The van der Waals surface area contributed by atoms with Crippen molar-refractivity contribution < 1.29 is 0 Å². The van der Waals surface area contributed by atoms with Gasteiger partial charge in [0.2, 0.25) is 5.95 Å². The summed E-state index contributed by atoms with van der Waals surface area (Å²) in [4.78, 5) is 10.5. The fourth-order valence-corrected chi connectivity index (χ4v) is 7.78. The van der Waals surface area contributed by atoms with Gasteiger partial charge in [-0.2, -0.15) is 0 Å². The lowest BCUT2D eigenvalue weighted by molar-refractivity contribution is 0.503. The molecule has 4 heteroatoms. The summed E-state index contributed by atoms with van der Waals surface area (Å²) in [5.74, 6) is 0.969.